The number of hydrogen-bond donors (Lipinski definition) is 1. The molecule has 3 heterocycles. The highest BCUT2D eigenvalue weighted by atomic mass is 19.4. The van der Waals surface area contributed by atoms with E-state index >= 15 is 4.39 Å². The number of rotatable bonds is 5. The summed E-state index contributed by atoms with van der Waals surface area (Å²) in [5.74, 6) is -7.62. The predicted octanol–water partition coefficient (Wildman–Crippen LogP) is 4.61. The molecule has 13 heteroatoms. The average Bonchev–Trinajstić information content (AvgIpc) is 3.49. The summed E-state index contributed by atoms with van der Waals surface area (Å²) in [7, 11) is 0. The summed E-state index contributed by atoms with van der Waals surface area (Å²) in [6, 6.07) is -0.817. The largest absolute Gasteiger partial charge is 0.408 e. The van der Waals surface area contributed by atoms with Crippen LogP contribution in [-0.4, -0.2) is 40.8 Å². The molecule has 1 saturated heterocycles. The van der Waals surface area contributed by atoms with Crippen molar-refractivity contribution >= 4 is 22.8 Å². The number of fused-ring (bicyclic) bond motifs is 1. The molecule has 2 aliphatic rings. The Balaban J connectivity index is 1.73. The maximum Gasteiger partial charge on any atom is 0.408 e. The first-order valence-electron chi connectivity index (χ1n) is 11.5. The number of anilines is 1. The van der Waals surface area contributed by atoms with Gasteiger partial charge < -0.3 is 10.2 Å². The van der Waals surface area contributed by atoms with Crippen LogP contribution < -0.4 is 15.6 Å². The number of pyridine rings is 2. The van der Waals surface area contributed by atoms with Crippen LogP contribution in [-0.2, 0) is 0 Å². The molecule has 1 atom stereocenters. The van der Waals surface area contributed by atoms with Gasteiger partial charge in [0.15, 0.2) is 28.9 Å². The molecule has 1 amide bonds. The van der Waals surface area contributed by atoms with Gasteiger partial charge in [0.05, 0.1) is 5.39 Å². The fourth-order valence-corrected chi connectivity index (χ4v) is 4.58. The van der Waals surface area contributed by atoms with E-state index in [1.54, 1.807) is 10.2 Å². The molecular weight excluding hydrogens is 509 g/mol. The Labute approximate surface area is 204 Å². The van der Waals surface area contributed by atoms with Gasteiger partial charge in [-0.05, 0) is 37.7 Å². The van der Waals surface area contributed by atoms with Crippen LogP contribution in [0.2, 0.25) is 0 Å². The van der Waals surface area contributed by atoms with Crippen LogP contribution in [0.25, 0.3) is 16.7 Å². The van der Waals surface area contributed by atoms with E-state index in [9.17, 15) is 35.9 Å². The van der Waals surface area contributed by atoms with Crippen molar-refractivity contribution in [3.63, 3.8) is 0 Å². The first-order valence-corrected chi connectivity index (χ1v) is 11.5. The Morgan fingerprint density at radius 2 is 1.62 bits per heavy atom. The molecular formula is C24H19F7N4O2. The molecule has 0 bridgehead atoms. The number of aromatic nitrogens is 2. The quantitative estimate of drug-likeness (QED) is 0.492. The van der Waals surface area contributed by atoms with Crippen molar-refractivity contribution in [1.82, 2.24) is 14.9 Å². The number of carbonyl (C=O) groups is 1. The van der Waals surface area contributed by atoms with Crippen molar-refractivity contribution in [1.29, 1.82) is 0 Å². The zero-order valence-corrected chi connectivity index (χ0v) is 19.0. The van der Waals surface area contributed by atoms with Crippen molar-refractivity contribution in [2.75, 3.05) is 18.0 Å². The molecule has 3 aromatic rings. The van der Waals surface area contributed by atoms with E-state index in [2.05, 4.69) is 4.98 Å². The molecule has 2 fully saturated rings. The third-order valence-electron chi connectivity index (χ3n) is 6.52. The van der Waals surface area contributed by atoms with Crippen molar-refractivity contribution in [2.24, 2.45) is 5.92 Å². The molecule has 1 aliphatic carbocycles. The molecule has 196 valence electrons. The highest BCUT2D eigenvalue weighted by Crippen LogP contribution is 2.40. The summed E-state index contributed by atoms with van der Waals surface area (Å²) in [5.41, 5.74) is -3.49. The van der Waals surface area contributed by atoms with E-state index in [0.29, 0.717) is 36.0 Å². The zero-order valence-electron chi connectivity index (χ0n) is 19.0. The fourth-order valence-electron chi connectivity index (χ4n) is 4.58. The smallest absolute Gasteiger partial charge is 0.354 e. The molecule has 0 spiro atoms. The average molecular weight is 528 g/mol. The number of alkyl halides is 3. The van der Waals surface area contributed by atoms with Gasteiger partial charge in [-0.25, -0.2) is 22.5 Å². The summed E-state index contributed by atoms with van der Waals surface area (Å²) in [4.78, 5) is 31.7. The van der Waals surface area contributed by atoms with Crippen LogP contribution >= 0.6 is 0 Å². The summed E-state index contributed by atoms with van der Waals surface area (Å²) >= 11 is 0. The molecule has 5 rings (SSSR count). The molecule has 1 saturated carbocycles. The fraction of sp³-hybridized carbons (Fsp3) is 0.375. The number of carbonyl (C=O) groups excluding carboxylic acids is 1. The van der Waals surface area contributed by atoms with Crippen molar-refractivity contribution in [3.05, 3.63) is 63.5 Å². The van der Waals surface area contributed by atoms with E-state index in [0.717, 1.165) is 18.9 Å². The normalized spacial score (nSPS) is 16.9. The first kappa shape index (κ1) is 25.0. The molecule has 0 radical (unpaired) electrons. The van der Waals surface area contributed by atoms with Gasteiger partial charge in [0.2, 0.25) is 5.43 Å². The molecule has 1 aliphatic heterocycles. The maximum atomic E-state index is 15.0. The Bertz CT molecular complexity index is 1440. The molecule has 1 N–H and O–H groups in total. The topological polar surface area (TPSA) is 67.2 Å². The SMILES string of the molecule is O=C(N[C@@H](C1CC1)C(F)(F)F)c1cn(-c2c(F)cc(F)cc2F)c2nc(N3CCCC3)c(F)cc2c1=O. The third kappa shape index (κ3) is 4.62. The van der Waals surface area contributed by atoms with Crippen LogP contribution in [0.4, 0.5) is 36.6 Å². The second kappa shape index (κ2) is 9.03. The highest BCUT2D eigenvalue weighted by Gasteiger charge is 2.50. The monoisotopic (exact) mass is 528 g/mol. The molecule has 6 nitrogen and oxygen atoms in total. The summed E-state index contributed by atoms with van der Waals surface area (Å²) < 4.78 is 99.2. The molecule has 1 aromatic carbocycles. The van der Waals surface area contributed by atoms with Crippen LogP contribution in [0.1, 0.15) is 36.0 Å². The minimum atomic E-state index is -4.81. The summed E-state index contributed by atoms with van der Waals surface area (Å²) in [6.07, 6.45) is -2.28. The lowest BCUT2D eigenvalue weighted by Crippen LogP contribution is -2.48. The zero-order chi connectivity index (χ0) is 26.6. The lowest BCUT2D eigenvalue weighted by molar-refractivity contribution is -0.158. The van der Waals surface area contributed by atoms with Crippen LogP contribution in [0.5, 0.6) is 0 Å². The van der Waals surface area contributed by atoms with Gasteiger partial charge in [-0.2, -0.15) is 13.2 Å². The van der Waals surface area contributed by atoms with Gasteiger partial charge in [0.25, 0.3) is 5.91 Å². The molecule has 0 unspecified atom stereocenters. The third-order valence-corrected chi connectivity index (χ3v) is 6.52. The number of halogens is 7. The van der Waals surface area contributed by atoms with Crippen molar-refractivity contribution in [3.8, 4) is 5.69 Å². The highest BCUT2D eigenvalue weighted by molar-refractivity contribution is 5.97. The van der Waals surface area contributed by atoms with E-state index in [-0.39, 0.29) is 18.7 Å². The molecule has 37 heavy (non-hydrogen) atoms. The Morgan fingerprint density at radius 3 is 2.19 bits per heavy atom. The number of nitrogens with one attached hydrogen (secondary N) is 1. The summed E-state index contributed by atoms with van der Waals surface area (Å²) in [5, 5.41) is 1.19. The predicted molar refractivity (Wildman–Crippen MR) is 119 cm³/mol. The minimum absolute atomic E-state index is 0.204. The first-order chi connectivity index (χ1) is 17.5. The lowest BCUT2D eigenvalue weighted by atomic mass is 10.1. The summed E-state index contributed by atoms with van der Waals surface area (Å²) in [6.45, 7) is 0.860. The van der Waals surface area contributed by atoms with Crippen molar-refractivity contribution in [2.45, 2.75) is 37.9 Å². The van der Waals surface area contributed by atoms with Crippen LogP contribution in [0.3, 0.4) is 0 Å². The number of benzene rings is 1. The van der Waals surface area contributed by atoms with Crippen LogP contribution in [0.15, 0.2) is 29.2 Å². The molecule has 2 aromatic heterocycles. The van der Waals surface area contributed by atoms with E-state index in [1.807, 2.05) is 0 Å². The van der Waals surface area contributed by atoms with E-state index in [4.69, 9.17) is 0 Å². The van der Waals surface area contributed by atoms with Crippen molar-refractivity contribution < 1.29 is 35.5 Å². The standard InChI is InChI=1S/C24H19F7N4O2/c25-12-7-15(26)18(16(27)8-12)35-10-14(23(37)32-20(11-3-4-11)24(29,30)31)19(36)13-9-17(28)22(33-21(13)35)34-5-1-2-6-34/h7-11,20H,1-6H2,(H,32,37)/t20-/m0/s1. The van der Waals surface area contributed by atoms with Gasteiger partial charge in [0, 0.05) is 31.4 Å². The second-order valence-electron chi connectivity index (χ2n) is 9.15. The lowest BCUT2D eigenvalue weighted by Gasteiger charge is -2.22. The van der Waals surface area contributed by atoms with E-state index < -0.39 is 75.0 Å². The number of hydrogen-bond acceptors (Lipinski definition) is 4. The van der Waals surface area contributed by atoms with Gasteiger partial charge >= 0.3 is 6.18 Å². The maximum absolute atomic E-state index is 15.0. The van der Waals surface area contributed by atoms with Gasteiger partial charge in [-0.15, -0.1) is 0 Å². The Hall–Kier alpha value is -3.64. The number of nitrogens with zero attached hydrogens (tertiary/aromatic N) is 3. The van der Waals surface area contributed by atoms with Gasteiger partial charge in [-0.1, -0.05) is 0 Å². The van der Waals surface area contributed by atoms with Crippen LogP contribution in [0, 0.1) is 29.2 Å². The van der Waals surface area contributed by atoms with E-state index in [1.165, 1.54) is 0 Å². The number of amides is 1. The van der Waals surface area contributed by atoms with Gasteiger partial charge in [0.1, 0.15) is 23.1 Å². The Morgan fingerprint density at radius 1 is 1.00 bits per heavy atom. The minimum Gasteiger partial charge on any atom is -0.354 e. The Kier molecular flexibility index (Phi) is 6.11. The van der Waals surface area contributed by atoms with Gasteiger partial charge in [-0.3, -0.25) is 14.2 Å². The second-order valence-corrected chi connectivity index (χ2v) is 9.15.